The van der Waals surface area contributed by atoms with Gasteiger partial charge in [0.1, 0.15) is 0 Å². The standard InChI is InChI=1S/C17H36N2/c1-4-5-6-7-8-9-10-11-17(13-18)19(3)14-16-12-15(16)2/h15-17H,4-14,18H2,1-3H3. The molecular formula is C17H36N2. The smallest absolute Gasteiger partial charge is 0.0215 e. The van der Waals surface area contributed by atoms with Gasteiger partial charge in [0.25, 0.3) is 0 Å². The Balaban J connectivity index is 2.01. The van der Waals surface area contributed by atoms with E-state index >= 15 is 0 Å². The summed E-state index contributed by atoms with van der Waals surface area (Å²) >= 11 is 0. The minimum Gasteiger partial charge on any atom is -0.329 e. The van der Waals surface area contributed by atoms with E-state index in [1.165, 1.54) is 64.3 Å². The highest BCUT2D eigenvalue weighted by atomic mass is 15.1. The van der Waals surface area contributed by atoms with Crippen molar-refractivity contribution < 1.29 is 0 Å². The van der Waals surface area contributed by atoms with Crippen molar-refractivity contribution in [3.05, 3.63) is 0 Å². The molecule has 0 radical (unpaired) electrons. The van der Waals surface area contributed by atoms with Crippen LogP contribution in [0.4, 0.5) is 0 Å². The van der Waals surface area contributed by atoms with E-state index in [1.807, 2.05) is 0 Å². The Hall–Kier alpha value is -0.0800. The summed E-state index contributed by atoms with van der Waals surface area (Å²) in [5.74, 6) is 1.91. The lowest BCUT2D eigenvalue weighted by Crippen LogP contribution is -2.39. The highest BCUT2D eigenvalue weighted by molar-refractivity contribution is 4.86. The fraction of sp³-hybridized carbons (Fsp3) is 1.00. The molecule has 0 heterocycles. The van der Waals surface area contributed by atoms with Crippen LogP contribution in [-0.2, 0) is 0 Å². The Morgan fingerprint density at radius 2 is 1.68 bits per heavy atom. The normalized spacial score (nSPS) is 23.8. The summed E-state index contributed by atoms with van der Waals surface area (Å²) in [6.07, 6.45) is 12.5. The van der Waals surface area contributed by atoms with Gasteiger partial charge in [0.2, 0.25) is 0 Å². The van der Waals surface area contributed by atoms with Gasteiger partial charge in [0, 0.05) is 19.1 Å². The van der Waals surface area contributed by atoms with Crippen LogP contribution in [0.15, 0.2) is 0 Å². The van der Waals surface area contributed by atoms with E-state index < -0.39 is 0 Å². The van der Waals surface area contributed by atoms with Crippen LogP contribution in [0.2, 0.25) is 0 Å². The molecule has 3 unspecified atom stereocenters. The zero-order valence-corrected chi connectivity index (χ0v) is 13.5. The molecule has 1 fully saturated rings. The molecule has 0 bridgehead atoms. The van der Waals surface area contributed by atoms with Crippen molar-refractivity contribution in [1.29, 1.82) is 0 Å². The summed E-state index contributed by atoms with van der Waals surface area (Å²) in [6, 6.07) is 0.614. The topological polar surface area (TPSA) is 29.3 Å². The summed E-state index contributed by atoms with van der Waals surface area (Å²) in [4.78, 5) is 2.52. The first-order valence-corrected chi connectivity index (χ1v) is 8.59. The molecule has 1 rings (SSSR count). The van der Waals surface area contributed by atoms with Crippen LogP contribution < -0.4 is 5.73 Å². The lowest BCUT2D eigenvalue weighted by molar-refractivity contribution is 0.219. The molecule has 0 aromatic rings. The maximum Gasteiger partial charge on any atom is 0.0215 e. The Morgan fingerprint density at radius 1 is 1.11 bits per heavy atom. The number of likely N-dealkylation sites (N-methyl/N-ethyl adjacent to an activating group) is 1. The third kappa shape index (κ3) is 7.31. The second kappa shape index (κ2) is 9.77. The molecular weight excluding hydrogens is 232 g/mol. The molecule has 0 spiro atoms. The van der Waals surface area contributed by atoms with Gasteiger partial charge in [0.15, 0.2) is 0 Å². The van der Waals surface area contributed by atoms with Gasteiger partial charge in [-0.3, -0.25) is 0 Å². The predicted octanol–water partition coefficient (Wildman–Crippen LogP) is 4.04. The summed E-state index contributed by atoms with van der Waals surface area (Å²) in [6.45, 7) is 6.74. The van der Waals surface area contributed by atoms with Gasteiger partial charge in [0.05, 0.1) is 0 Å². The molecule has 2 N–H and O–H groups in total. The number of unbranched alkanes of at least 4 members (excludes halogenated alkanes) is 6. The lowest BCUT2D eigenvalue weighted by atomic mass is 10.0. The van der Waals surface area contributed by atoms with Crippen LogP contribution in [-0.4, -0.2) is 31.1 Å². The average Bonchev–Trinajstić information content (AvgIpc) is 3.08. The van der Waals surface area contributed by atoms with Crippen LogP contribution in [0.25, 0.3) is 0 Å². The third-order valence-electron chi connectivity index (χ3n) is 4.83. The number of nitrogens with two attached hydrogens (primary N) is 1. The minimum absolute atomic E-state index is 0.614. The minimum atomic E-state index is 0.614. The molecule has 1 aliphatic carbocycles. The Labute approximate surface area is 121 Å². The summed E-state index contributed by atoms with van der Waals surface area (Å²) in [5.41, 5.74) is 5.94. The van der Waals surface area contributed by atoms with Gasteiger partial charge in [-0.2, -0.15) is 0 Å². The highest BCUT2D eigenvalue weighted by Gasteiger charge is 2.34. The van der Waals surface area contributed by atoms with Crippen molar-refractivity contribution in [3.63, 3.8) is 0 Å². The van der Waals surface area contributed by atoms with E-state index in [4.69, 9.17) is 5.73 Å². The quantitative estimate of drug-likeness (QED) is 0.541. The van der Waals surface area contributed by atoms with E-state index in [0.717, 1.165) is 18.4 Å². The Kier molecular flexibility index (Phi) is 8.72. The van der Waals surface area contributed by atoms with Crippen molar-refractivity contribution in [2.24, 2.45) is 17.6 Å². The molecule has 19 heavy (non-hydrogen) atoms. The largest absolute Gasteiger partial charge is 0.329 e. The van der Waals surface area contributed by atoms with Gasteiger partial charge in [-0.1, -0.05) is 58.8 Å². The zero-order valence-electron chi connectivity index (χ0n) is 13.5. The molecule has 3 atom stereocenters. The van der Waals surface area contributed by atoms with Gasteiger partial charge >= 0.3 is 0 Å². The zero-order chi connectivity index (χ0) is 14.1. The first kappa shape index (κ1) is 17.0. The predicted molar refractivity (Wildman–Crippen MR) is 85.4 cm³/mol. The molecule has 1 aliphatic rings. The van der Waals surface area contributed by atoms with Gasteiger partial charge in [-0.15, -0.1) is 0 Å². The molecule has 0 aromatic heterocycles. The fourth-order valence-electron chi connectivity index (χ4n) is 3.03. The maximum atomic E-state index is 5.94. The second-order valence-electron chi connectivity index (χ2n) is 6.71. The Morgan fingerprint density at radius 3 is 2.21 bits per heavy atom. The molecule has 114 valence electrons. The van der Waals surface area contributed by atoms with Gasteiger partial charge in [-0.05, 0) is 31.7 Å². The first-order valence-electron chi connectivity index (χ1n) is 8.59. The van der Waals surface area contributed by atoms with Crippen LogP contribution in [0, 0.1) is 11.8 Å². The van der Waals surface area contributed by atoms with Crippen molar-refractivity contribution in [1.82, 2.24) is 4.90 Å². The molecule has 0 aromatic carbocycles. The summed E-state index contributed by atoms with van der Waals surface area (Å²) < 4.78 is 0. The van der Waals surface area contributed by atoms with Crippen molar-refractivity contribution >= 4 is 0 Å². The number of hydrogen-bond donors (Lipinski definition) is 1. The monoisotopic (exact) mass is 268 g/mol. The van der Waals surface area contributed by atoms with E-state index in [2.05, 4.69) is 25.8 Å². The van der Waals surface area contributed by atoms with Crippen molar-refractivity contribution in [2.75, 3.05) is 20.1 Å². The molecule has 2 nitrogen and oxygen atoms in total. The van der Waals surface area contributed by atoms with Crippen LogP contribution in [0.5, 0.6) is 0 Å². The van der Waals surface area contributed by atoms with E-state index in [9.17, 15) is 0 Å². The SMILES string of the molecule is CCCCCCCCCC(CN)N(C)CC1CC1C. The molecule has 2 heteroatoms. The second-order valence-corrected chi connectivity index (χ2v) is 6.71. The maximum absolute atomic E-state index is 5.94. The Bertz CT molecular complexity index is 217. The van der Waals surface area contributed by atoms with Gasteiger partial charge in [-0.25, -0.2) is 0 Å². The van der Waals surface area contributed by atoms with Crippen molar-refractivity contribution in [3.8, 4) is 0 Å². The fourth-order valence-corrected chi connectivity index (χ4v) is 3.03. The third-order valence-corrected chi connectivity index (χ3v) is 4.83. The van der Waals surface area contributed by atoms with Crippen molar-refractivity contribution in [2.45, 2.75) is 77.7 Å². The molecule has 0 saturated heterocycles. The molecule has 1 saturated carbocycles. The van der Waals surface area contributed by atoms with Crippen LogP contribution >= 0.6 is 0 Å². The highest BCUT2D eigenvalue weighted by Crippen LogP contribution is 2.38. The van der Waals surface area contributed by atoms with E-state index in [1.54, 1.807) is 0 Å². The van der Waals surface area contributed by atoms with E-state index in [-0.39, 0.29) is 0 Å². The summed E-state index contributed by atoms with van der Waals surface area (Å²) in [7, 11) is 2.27. The first-order chi connectivity index (χ1) is 9.19. The lowest BCUT2D eigenvalue weighted by Gasteiger charge is -2.27. The van der Waals surface area contributed by atoms with Crippen LogP contribution in [0.1, 0.15) is 71.6 Å². The molecule has 0 aliphatic heterocycles. The van der Waals surface area contributed by atoms with Crippen LogP contribution in [0.3, 0.4) is 0 Å². The molecule has 0 amide bonds. The number of hydrogen-bond acceptors (Lipinski definition) is 2. The number of nitrogens with zero attached hydrogens (tertiary/aromatic N) is 1. The van der Waals surface area contributed by atoms with Gasteiger partial charge < -0.3 is 10.6 Å². The van der Waals surface area contributed by atoms with E-state index in [0.29, 0.717) is 6.04 Å². The summed E-state index contributed by atoms with van der Waals surface area (Å²) in [5, 5.41) is 0. The average molecular weight is 268 g/mol. The number of rotatable bonds is 12.